The molecular formula is C31H40O10. The van der Waals surface area contributed by atoms with Gasteiger partial charge in [-0.05, 0) is 69.1 Å². The Labute approximate surface area is 239 Å². The van der Waals surface area contributed by atoms with Gasteiger partial charge in [-0.3, -0.25) is 0 Å². The average Bonchev–Trinajstić information content (AvgIpc) is 3.18. The normalized spacial score (nSPS) is 36.0. The summed E-state index contributed by atoms with van der Waals surface area (Å²) in [5, 5.41) is 0.676. The molecule has 10 heteroatoms. The average molecular weight is 573 g/mol. The largest absolute Gasteiger partial charge is 0.491 e. The van der Waals surface area contributed by atoms with Gasteiger partial charge < -0.3 is 28.1 Å². The SMILES string of the molecule is CCOC(=O)c1c(CC)c2ccc(OCCO[C@H]3O[C@@H]4O[C@@]5(C)CC[C@H]6[C@H](C)CC[C@@H]([C@H]3C)[C@@]46OO5)cc2oc1=O. The van der Waals surface area contributed by atoms with Crippen molar-refractivity contribution >= 4 is 16.9 Å². The van der Waals surface area contributed by atoms with Crippen molar-refractivity contribution in [1.29, 1.82) is 0 Å². The van der Waals surface area contributed by atoms with Crippen LogP contribution in [0.1, 0.15) is 76.2 Å². The molecule has 10 nitrogen and oxygen atoms in total. The molecule has 41 heavy (non-hydrogen) atoms. The third-order valence-corrected chi connectivity index (χ3v) is 9.55. The lowest BCUT2D eigenvalue weighted by molar-refractivity contribution is -0.577. The van der Waals surface area contributed by atoms with Crippen LogP contribution in [0.25, 0.3) is 11.0 Å². The molecule has 5 heterocycles. The van der Waals surface area contributed by atoms with Crippen LogP contribution < -0.4 is 10.4 Å². The van der Waals surface area contributed by atoms with Gasteiger partial charge in [0.25, 0.3) is 0 Å². The Balaban J connectivity index is 1.13. The molecule has 7 rings (SSSR count). The zero-order valence-electron chi connectivity index (χ0n) is 24.4. The van der Waals surface area contributed by atoms with Crippen molar-refractivity contribution in [3.8, 4) is 5.75 Å². The van der Waals surface area contributed by atoms with Gasteiger partial charge in [0.2, 0.25) is 5.79 Å². The first kappa shape index (κ1) is 28.6. The van der Waals surface area contributed by atoms with Crippen LogP contribution in [-0.2, 0) is 35.1 Å². The predicted octanol–water partition coefficient (Wildman–Crippen LogP) is 5.14. The monoisotopic (exact) mass is 572 g/mol. The van der Waals surface area contributed by atoms with E-state index in [0.29, 0.717) is 47.1 Å². The molecule has 2 bridgehead atoms. The Morgan fingerprint density at radius 3 is 2.68 bits per heavy atom. The molecule has 1 aromatic heterocycles. The third-order valence-electron chi connectivity index (χ3n) is 9.55. The summed E-state index contributed by atoms with van der Waals surface area (Å²) in [4.78, 5) is 37.0. The molecule has 1 aromatic carbocycles. The Morgan fingerprint density at radius 2 is 1.90 bits per heavy atom. The highest BCUT2D eigenvalue weighted by Crippen LogP contribution is 2.60. The molecule has 2 aromatic rings. The van der Waals surface area contributed by atoms with Crippen molar-refractivity contribution in [2.75, 3.05) is 19.8 Å². The van der Waals surface area contributed by atoms with Crippen LogP contribution in [-0.4, -0.2) is 49.8 Å². The topological polar surface area (TPSA) is 112 Å². The van der Waals surface area contributed by atoms with E-state index < -0.39 is 35.6 Å². The second kappa shape index (κ2) is 11.0. The van der Waals surface area contributed by atoms with Gasteiger partial charge in [0.05, 0.1) is 13.2 Å². The Kier molecular flexibility index (Phi) is 7.65. The number of carbonyl (C=O) groups is 1. The smallest absolute Gasteiger partial charge is 0.351 e. The zero-order valence-corrected chi connectivity index (χ0v) is 24.4. The number of carbonyl (C=O) groups excluding carboxylic acids is 1. The summed E-state index contributed by atoms with van der Waals surface area (Å²) in [6.07, 6.45) is 3.33. The minimum absolute atomic E-state index is 0.0529. The predicted molar refractivity (Wildman–Crippen MR) is 146 cm³/mol. The van der Waals surface area contributed by atoms with Crippen molar-refractivity contribution in [3.63, 3.8) is 0 Å². The van der Waals surface area contributed by atoms with Gasteiger partial charge in [-0.1, -0.05) is 20.8 Å². The summed E-state index contributed by atoms with van der Waals surface area (Å²) in [7, 11) is 0. The fourth-order valence-corrected chi connectivity index (χ4v) is 7.50. The summed E-state index contributed by atoms with van der Waals surface area (Å²) >= 11 is 0. The first-order chi connectivity index (χ1) is 19.7. The molecule has 4 saturated heterocycles. The van der Waals surface area contributed by atoms with Gasteiger partial charge in [-0.15, -0.1) is 0 Å². The molecule has 224 valence electrons. The zero-order chi connectivity index (χ0) is 28.9. The highest BCUT2D eigenvalue weighted by molar-refractivity contribution is 5.96. The van der Waals surface area contributed by atoms with Crippen LogP contribution >= 0.6 is 0 Å². The van der Waals surface area contributed by atoms with E-state index in [4.69, 9.17) is 37.9 Å². The number of esters is 1. The first-order valence-electron chi connectivity index (χ1n) is 14.9. The van der Waals surface area contributed by atoms with Gasteiger partial charge in [-0.25, -0.2) is 19.4 Å². The Hall–Kier alpha value is -2.50. The van der Waals surface area contributed by atoms with E-state index in [1.165, 1.54) is 0 Å². The van der Waals surface area contributed by atoms with Crippen LogP contribution in [0.2, 0.25) is 0 Å². The summed E-state index contributed by atoms with van der Waals surface area (Å²) in [5.41, 5.74) is -0.439. The standard InChI is InChI=1S/C31H40O10/c1-6-20-21-10-9-19(16-24(21)37-27(33)25(20)26(32)34-7-2)35-14-15-36-28-18(4)23-11-8-17(3)22-12-13-30(5)39-29(38-28)31(22,23)41-40-30/h9-10,16-18,22-23,28-29H,6-8,11-15H2,1-5H3/t17-,18-,22+,23+,28+,29-,30-,31-/m1/s1. The number of aryl methyl sites for hydroxylation is 1. The number of fused-ring (bicyclic) bond motifs is 3. The molecule has 5 fully saturated rings. The second-order valence-corrected chi connectivity index (χ2v) is 12.0. The van der Waals surface area contributed by atoms with Gasteiger partial charge in [0, 0.05) is 29.7 Å². The van der Waals surface area contributed by atoms with Crippen LogP contribution in [0.5, 0.6) is 5.75 Å². The minimum atomic E-state index is -0.828. The van der Waals surface area contributed by atoms with E-state index in [1.54, 1.807) is 25.1 Å². The molecular weight excluding hydrogens is 532 g/mol. The van der Waals surface area contributed by atoms with Gasteiger partial charge in [0.1, 0.15) is 23.5 Å². The molecule has 1 saturated carbocycles. The molecule has 8 atom stereocenters. The van der Waals surface area contributed by atoms with E-state index in [0.717, 1.165) is 25.7 Å². The molecule has 0 radical (unpaired) electrons. The maximum atomic E-state index is 12.6. The molecule has 4 aliphatic heterocycles. The fraction of sp³-hybridized carbons (Fsp3) is 0.677. The highest BCUT2D eigenvalue weighted by Gasteiger charge is 2.69. The first-order valence-corrected chi connectivity index (χ1v) is 14.9. The van der Waals surface area contributed by atoms with Crippen LogP contribution in [0, 0.1) is 23.7 Å². The minimum Gasteiger partial charge on any atom is -0.491 e. The maximum absolute atomic E-state index is 12.6. The van der Waals surface area contributed by atoms with Crippen molar-refractivity contribution in [2.45, 2.75) is 90.7 Å². The summed E-state index contributed by atoms with van der Waals surface area (Å²) in [6.45, 7) is 10.7. The van der Waals surface area contributed by atoms with Crippen LogP contribution in [0.3, 0.4) is 0 Å². The van der Waals surface area contributed by atoms with Crippen molar-refractivity contribution < 1.29 is 42.7 Å². The molecule has 1 spiro atoms. The number of rotatable bonds is 8. The van der Waals surface area contributed by atoms with Gasteiger partial charge in [0.15, 0.2) is 18.2 Å². The van der Waals surface area contributed by atoms with E-state index in [1.807, 2.05) is 13.8 Å². The molecule has 5 aliphatic rings. The summed E-state index contributed by atoms with van der Waals surface area (Å²) < 4.78 is 35.6. The lowest BCUT2D eigenvalue weighted by atomic mass is 9.58. The molecule has 0 amide bonds. The van der Waals surface area contributed by atoms with Crippen LogP contribution in [0.4, 0.5) is 0 Å². The summed E-state index contributed by atoms with van der Waals surface area (Å²) in [5.74, 6) is 0.0934. The molecule has 1 aliphatic carbocycles. The highest BCUT2D eigenvalue weighted by atomic mass is 17.3. The third kappa shape index (κ3) is 4.77. The lowest BCUT2D eigenvalue weighted by Gasteiger charge is -2.60. The van der Waals surface area contributed by atoms with Crippen molar-refractivity contribution in [1.82, 2.24) is 0 Å². The fourth-order valence-electron chi connectivity index (χ4n) is 7.50. The van der Waals surface area contributed by atoms with Crippen molar-refractivity contribution in [2.24, 2.45) is 23.7 Å². The van der Waals surface area contributed by atoms with E-state index in [2.05, 4.69) is 13.8 Å². The van der Waals surface area contributed by atoms with Crippen molar-refractivity contribution in [3.05, 3.63) is 39.7 Å². The number of benzene rings is 1. The van der Waals surface area contributed by atoms with Gasteiger partial charge >= 0.3 is 11.6 Å². The number of hydrogen-bond donors (Lipinski definition) is 0. The number of hydrogen-bond acceptors (Lipinski definition) is 10. The lowest BCUT2D eigenvalue weighted by Crippen LogP contribution is -2.70. The van der Waals surface area contributed by atoms with Crippen LogP contribution in [0.15, 0.2) is 27.4 Å². The Bertz CT molecular complexity index is 1350. The molecule has 0 unspecified atom stereocenters. The van der Waals surface area contributed by atoms with E-state index in [9.17, 15) is 9.59 Å². The van der Waals surface area contributed by atoms with Gasteiger partial charge in [-0.2, -0.15) is 0 Å². The molecule has 0 N–H and O–H groups in total. The second-order valence-electron chi connectivity index (χ2n) is 12.0. The number of ether oxygens (including phenoxy) is 5. The maximum Gasteiger partial charge on any atom is 0.351 e. The van der Waals surface area contributed by atoms with E-state index in [-0.39, 0.29) is 30.6 Å². The summed E-state index contributed by atoms with van der Waals surface area (Å²) in [6, 6.07) is 5.24. The quantitative estimate of drug-likeness (QED) is 0.183. The Morgan fingerprint density at radius 1 is 1.07 bits per heavy atom. The van der Waals surface area contributed by atoms with E-state index >= 15 is 0 Å².